The van der Waals surface area contributed by atoms with E-state index < -0.39 is 0 Å². The highest BCUT2D eigenvalue weighted by Crippen LogP contribution is 2.01. The lowest BCUT2D eigenvalue weighted by atomic mass is 10.2. The molecule has 22 heavy (non-hydrogen) atoms. The molecule has 0 saturated heterocycles. The summed E-state index contributed by atoms with van der Waals surface area (Å²) < 4.78 is 11.4. The molecule has 0 spiro atoms. The Labute approximate surface area is 133 Å². The van der Waals surface area contributed by atoms with Crippen LogP contribution >= 0.6 is 0 Å². The van der Waals surface area contributed by atoms with Gasteiger partial charge in [-0.3, -0.25) is 0 Å². The first kappa shape index (κ1) is 16.7. The van der Waals surface area contributed by atoms with Gasteiger partial charge in [0.25, 0.3) is 0 Å². The smallest absolute Gasteiger partial charge is 0.0717 e. The van der Waals surface area contributed by atoms with Gasteiger partial charge in [-0.1, -0.05) is 60.7 Å². The van der Waals surface area contributed by atoms with Crippen LogP contribution in [0.25, 0.3) is 0 Å². The van der Waals surface area contributed by atoms with Crippen LogP contribution < -0.4 is 0 Å². The molecule has 0 radical (unpaired) electrons. The summed E-state index contributed by atoms with van der Waals surface area (Å²) >= 11 is 0. The maximum atomic E-state index is 5.68. The van der Waals surface area contributed by atoms with Crippen molar-refractivity contribution in [2.24, 2.45) is 0 Å². The minimum absolute atomic E-state index is 0.680. The monoisotopic (exact) mass is 299 g/mol. The van der Waals surface area contributed by atoms with E-state index in [9.17, 15) is 0 Å². The highest BCUT2D eigenvalue weighted by molar-refractivity contribution is 5.14. The second-order valence-corrected chi connectivity index (χ2v) is 5.38. The van der Waals surface area contributed by atoms with E-state index in [0.717, 1.165) is 26.3 Å². The van der Waals surface area contributed by atoms with Gasteiger partial charge in [-0.2, -0.15) is 0 Å². The largest absolute Gasteiger partial charge is 0.375 e. The predicted molar refractivity (Wildman–Crippen MR) is 89.7 cm³/mol. The third-order valence-electron chi connectivity index (χ3n) is 3.46. The zero-order valence-electron chi connectivity index (χ0n) is 13.3. The van der Waals surface area contributed by atoms with Gasteiger partial charge in [-0.05, 0) is 18.2 Å². The van der Waals surface area contributed by atoms with Gasteiger partial charge in [0.15, 0.2) is 0 Å². The fourth-order valence-corrected chi connectivity index (χ4v) is 2.08. The van der Waals surface area contributed by atoms with E-state index in [1.54, 1.807) is 0 Å². The fourth-order valence-electron chi connectivity index (χ4n) is 2.08. The van der Waals surface area contributed by atoms with Crippen LogP contribution in [0.4, 0.5) is 0 Å². The van der Waals surface area contributed by atoms with Gasteiger partial charge in [0.05, 0.1) is 26.4 Å². The van der Waals surface area contributed by atoms with Crippen molar-refractivity contribution in [3.05, 3.63) is 71.8 Å². The maximum absolute atomic E-state index is 5.68. The van der Waals surface area contributed by atoms with Gasteiger partial charge in [0.1, 0.15) is 0 Å². The van der Waals surface area contributed by atoms with Gasteiger partial charge in [0, 0.05) is 13.1 Å². The summed E-state index contributed by atoms with van der Waals surface area (Å²) in [7, 11) is 2.09. The molecular formula is C19H25NO2. The Morgan fingerprint density at radius 1 is 0.682 bits per heavy atom. The second-order valence-electron chi connectivity index (χ2n) is 5.38. The van der Waals surface area contributed by atoms with Gasteiger partial charge in [0.2, 0.25) is 0 Å². The zero-order valence-corrected chi connectivity index (χ0v) is 13.3. The number of rotatable bonds is 10. The lowest BCUT2D eigenvalue weighted by Crippen LogP contribution is -2.27. The lowest BCUT2D eigenvalue weighted by molar-refractivity contribution is 0.0731. The Kier molecular flexibility index (Phi) is 7.67. The number of hydrogen-bond acceptors (Lipinski definition) is 3. The molecule has 3 nitrogen and oxygen atoms in total. The van der Waals surface area contributed by atoms with E-state index in [-0.39, 0.29) is 0 Å². The molecule has 2 rings (SSSR count). The van der Waals surface area contributed by atoms with E-state index >= 15 is 0 Å². The average molecular weight is 299 g/mol. The molecule has 0 heterocycles. The SMILES string of the molecule is CN(CCOCc1ccccc1)CCOCc1ccccc1. The first-order chi connectivity index (χ1) is 10.8. The van der Waals surface area contributed by atoms with Crippen molar-refractivity contribution in [2.75, 3.05) is 33.4 Å². The molecule has 2 aromatic rings. The van der Waals surface area contributed by atoms with Crippen LogP contribution in [0.3, 0.4) is 0 Å². The molecule has 3 heteroatoms. The van der Waals surface area contributed by atoms with Crippen molar-refractivity contribution >= 4 is 0 Å². The second kappa shape index (κ2) is 10.1. The molecule has 2 aromatic carbocycles. The Balaban J connectivity index is 1.48. The van der Waals surface area contributed by atoms with Crippen LogP contribution in [0, 0.1) is 0 Å². The quantitative estimate of drug-likeness (QED) is 0.628. The Morgan fingerprint density at radius 3 is 1.50 bits per heavy atom. The van der Waals surface area contributed by atoms with Crippen molar-refractivity contribution in [2.45, 2.75) is 13.2 Å². The minimum Gasteiger partial charge on any atom is -0.375 e. The molecule has 0 bridgehead atoms. The molecule has 0 aliphatic heterocycles. The fraction of sp³-hybridized carbons (Fsp3) is 0.368. The van der Waals surface area contributed by atoms with Crippen LogP contribution in [0.2, 0.25) is 0 Å². The molecular weight excluding hydrogens is 274 g/mol. The van der Waals surface area contributed by atoms with Crippen LogP contribution in [-0.4, -0.2) is 38.3 Å². The van der Waals surface area contributed by atoms with Crippen LogP contribution in [-0.2, 0) is 22.7 Å². The first-order valence-corrected chi connectivity index (χ1v) is 7.76. The highest BCUT2D eigenvalue weighted by Gasteiger charge is 1.99. The lowest BCUT2D eigenvalue weighted by Gasteiger charge is -2.16. The number of benzene rings is 2. The van der Waals surface area contributed by atoms with E-state index in [0.29, 0.717) is 13.2 Å². The topological polar surface area (TPSA) is 21.7 Å². The minimum atomic E-state index is 0.680. The number of hydrogen-bond donors (Lipinski definition) is 0. The van der Waals surface area contributed by atoms with Crippen LogP contribution in [0.15, 0.2) is 60.7 Å². The molecule has 118 valence electrons. The van der Waals surface area contributed by atoms with Gasteiger partial charge in [-0.15, -0.1) is 0 Å². The summed E-state index contributed by atoms with van der Waals surface area (Å²) in [5.41, 5.74) is 2.44. The van der Waals surface area contributed by atoms with Crippen molar-refractivity contribution in [1.29, 1.82) is 0 Å². The predicted octanol–water partition coefficient (Wildman–Crippen LogP) is 3.35. The summed E-state index contributed by atoms with van der Waals surface area (Å²) in [6, 6.07) is 20.5. The third kappa shape index (κ3) is 6.85. The average Bonchev–Trinajstić information content (AvgIpc) is 2.57. The van der Waals surface area contributed by atoms with Gasteiger partial charge in [-0.25, -0.2) is 0 Å². The van der Waals surface area contributed by atoms with E-state index in [1.807, 2.05) is 36.4 Å². The number of likely N-dealkylation sites (N-methyl/N-ethyl adjacent to an activating group) is 1. The molecule has 0 unspecified atom stereocenters. The van der Waals surface area contributed by atoms with E-state index in [4.69, 9.17) is 9.47 Å². The molecule has 0 fully saturated rings. The summed E-state index contributed by atoms with van der Waals surface area (Å²) in [6.07, 6.45) is 0. The summed E-state index contributed by atoms with van der Waals surface area (Å²) in [5.74, 6) is 0. The molecule has 0 N–H and O–H groups in total. The van der Waals surface area contributed by atoms with E-state index in [1.165, 1.54) is 11.1 Å². The van der Waals surface area contributed by atoms with Crippen molar-refractivity contribution < 1.29 is 9.47 Å². The van der Waals surface area contributed by atoms with Gasteiger partial charge < -0.3 is 14.4 Å². The Hall–Kier alpha value is -1.68. The molecule has 0 aliphatic carbocycles. The number of ether oxygens (including phenoxy) is 2. The van der Waals surface area contributed by atoms with E-state index in [2.05, 4.69) is 36.2 Å². The van der Waals surface area contributed by atoms with Gasteiger partial charge >= 0.3 is 0 Å². The maximum Gasteiger partial charge on any atom is 0.0717 e. The highest BCUT2D eigenvalue weighted by atomic mass is 16.5. The molecule has 0 saturated carbocycles. The van der Waals surface area contributed by atoms with Crippen molar-refractivity contribution in [3.8, 4) is 0 Å². The Bertz CT molecular complexity index is 454. The zero-order chi connectivity index (χ0) is 15.5. The van der Waals surface area contributed by atoms with Crippen LogP contribution in [0.1, 0.15) is 11.1 Å². The summed E-state index contributed by atoms with van der Waals surface area (Å²) in [6.45, 7) is 4.68. The van der Waals surface area contributed by atoms with Crippen molar-refractivity contribution in [3.63, 3.8) is 0 Å². The summed E-state index contributed by atoms with van der Waals surface area (Å²) in [4.78, 5) is 2.23. The molecule has 0 atom stereocenters. The molecule has 0 aromatic heterocycles. The normalized spacial score (nSPS) is 11.0. The summed E-state index contributed by atoms with van der Waals surface area (Å²) in [5, 5.41) is 0. The standard InChI is InChI=1S/C19H25NO2/c1-20(12-14-21-16-18-8-4-2-5-9-18)13-15-22-17-19-10-6-3-7-11-19/h2-11H,12-17H2,1H3. The first-order valence-electron chi connectivity index (χ1n) is 7.76. The third-order valence-corrected chi connectivity index (χ3v) is 3.46. The van der Waals surface area contributed by atoms with Crippen LogP contribution in [0.5, 0.6) is 0 Å². The van der Waals surface area contributed by atoms with Crippen molar-refractivity contribution in [1.82, 2.24) is 4.90 Å². The number of nitrogens with zero attached hydrogens (tertiary/aromatic N) is 1. The molecule has 0 aliphatic rings. The Morgan fingerprint density at radius 2 is 1.09 bits per heavy atom. The molecule has 0 amide bonds.